The highest BCUT2D eigenvalue weighted by Gasteiger charge is 2.23. The monoisotopic (exact) mass is 411 g/mol. The van der Waals surface area contributed by atoms with Crippen molar-refractivity contribution in [1.29, 1.82) is 0 Å². The van der Waals surface area contributed by atoms with Gasteiger partial charge in [-0.1, -0.05) is 41.7 Å². The van der Waals surface area contributed by atoms with Crippen molar-refractivity contribution in [2.75, 3.05) is 23.3 Å². The lowest BCUT2D eigenvalue weighted by atomic mass is 10.1. The number of piperidine rings is 1. The first kappa shape index (κ1) is 19.3. The lowest BCUT2D eigenvalue weighted by Crippen LogP contribution is -2.46. The molecule has 8 heteroatoms. The average molecular weight is 412 g/mol. The molecular formula is C21H22FN5OS. The number of benzene rings is 2. The quantitative estimate of drug-likeness (QED) is 0.664. The maximum atomic E-state index is 13.0. The van der Waals surface area contributed by atoms with Gasteiger partial charge in [0, 0.05) is 31.2 Å². The zero-order chi connectivity index (χ0) is 20.1. The molecule has 0 radical (unpaired) electrons. The van der Waals surface area contributed by atoms with E-state index in [1.165, 1.54) is 12.1 Å². The van der Waals surface area contributed by atoms with Gasteiger partial charge in [0.15, 0.2) is 0 Å². The Kier molecular flexibility index (Phi) is 6.00. The number of hydrogen-bond acceptors (Lipinski definition) is 5. The molecule has 0 bridgehead atoms. The van der Waals surface area contributed by atoms with E-state index in [1.54, 1.807) is 23.5 Å². The zero-order valence-corrected chi connectivity index (χ0v) is 16.7. The molecule has 4 rings (SSSR count). The van der Waals surface area contributed by atoms with Crippen molar-refractivity contribution in [3.8, 4) is 0 Å². The van der Waals surface area contributed by atoms with Crippen LogP contribution in [0.1, 0.15) is 23.4 Å². The van der Waals surface area contributed by atoms with E-state index in [0.717, 1.165) is 47.3 Å². The summed E-state index contributed by atoms with van der Waals surface area (Å²) >= 11 is 1.57. The molecule has 2 heterocycles. The first-order chi connectivity index (χ1) is 14.2. The molecule has 6 nitrogen and oxygen atoms in total. The van der Waals surface area contributed by atoms with E-state index >= 15 is 0 Å². The van der Waals surface area contributed by atoms with Gasteiger partial charge in [-0.25, -0.2) is 9.18 Å². The van der Waals surface area contributed by atoms with Crippen LogP contribution in [0, 0.1) is 5.82 Å². The summed E-state index contributed by atoms with van der Waals surface area (Å²) in [5.74, 6) is -0.236. The Morgan fingerprint density at radius 3 is 2.52 bits per heavy atom. The third-order valence-electron chi connectivity index (χ3n) is 4.86. The third kappa shape index (κ3) is 5.29. The number of hydrogen-bond donors (Lipinski definition) is 2. The highest BCUT2D eigenvalue weighted by Crippen LogP contribution is 2.25. The van der Waals surface area contributed by atoms with E-state index < -0.39 is 0 Å². The number of halogens is 1. The van der Waals surface area contributed by atoms with Crippen LogP contribution >= 0.6 is 11.3 Å². The summed E-state index contributed by atoms with van der Waals surface area (Å²) in [6.45, 7) is 1.64. The van der Waals surface area contributed by atoms with Gasteiger partial charge >= 0.3 is 6.03 Å². The summed E-state index contributed by atoms with van der Waals surface area (Å²) in [7, 11) is 0. The van der Waals surface area contributed by atoms with Gasteiger partial charge in [0.05, 0.1) is 0 Å². The largest absolute Gasteiger partial charge is 0.347 e. The van der Waals surface area contributed by atoms with Crippen LogP contribution in [-0.2, 0) is 6.42 Å². The fourth-order valence-corrected chi connectivity index (χ4v) is 4.23. The van der Waals surface area contributed by atoms with Crippen LogP contribution in [0.25, 0.3) is 0 Å². The van der Waals surface area contributed by atoms with Crippen molar-refractivity contribution in [3.05, 3.63) is 71.0 Å². The maximum Gasteiger partial charge on any atom is 0.319 e. The average Bonchev–Trinajstić information content (AvgIpc) is 3.19. The second-order valence-corrected chi connectivity index (χ2v) is 8.05. The van der Waals surface area contributed by atoms with E-state index in [1.807, 2.05) is 30.3 Å². The minimum atomic E-state index is -0.236. The first-order valence-electron chi connectivity index (χ1n) is 9.60. The Bertz CT molecular complexity index is 939. The van der Waals surface area contributed by atoms with Gasteiger partial charge in [0.2, 0.25) is 5.13 Å². The zero-order valence-electron chi connectivity index (χ0n) is 15.8. The van der Waals surface area contributed by atoms with E-state index in [-0.39, 0.29) is 17.9 Å². The van der Waals surface area contributed by atoms with Crippen LogP contribution in [0.2, 0.25) is 0 Å². The Morgan fingerprint density at radius 1 is 1.07 bits per heavy atom. The molecule has 0 saturated carbocycles. The Labute approximate surface area is 172 Å². The van der Waals surface area contributed by atoms with Crippen molar-refractivity contribution in [3.63, 3.8) is 0 Å². The highest BCUT2D eigenvalue weighted by atomic mass is 32.1. The number of nitrogens with one attached hydrogen (secondary N) is 2. The Hall–Kier alpha value is -3.00. The maximum absolute atomic E-state index is 13.0. The lowest BCUT2D eigenvalue weighted by molar-refractivity contribution is 0.246. The molecule has 1 aromatic heterocycles. The van der Waals surface area contributed by atoms with Crippen molar-refractivity contribution in [2.45, 2.75) is 25.3 Å². The van der Waals surface area contributed by atoms with Crippen LogP contribution in [0.15, 0.2) is 54.6 Å². The number of anilines is 2. The van der Waals surface area contributed by atoms with Crippen LogP contribution in [-0.4, -0.2) is 35.4 Å². The van der Waals surface area contributed by atoms with Crippen molar-refractivity contribution in [2.24, 2.45) is 0 Å². The van der Waals surface area contributed by atoms with Crippen molar-refractivity contribution >= 4 is 28.2 Å². The van der Waals surface area contributed by atoms with Crippen LogP contribution in [0.4, 0.5) is 20.0 Å². The standard InChI is InChI=1S/C21H22FN5OS/c22-16-8-6-15(7-9-16)14-19-25-26-21(29-19)27-12-10-18(11-13-27)24-20(28)23-17-4-2-1-3-5-17/h1-9,18H,10-14H2,(H2,23,24,28). The molecule has 1 aliphatic heterocycles. The molecule has 2 amide bonds. The fourth-order valence-electron chi connectivity index (χ4n) is 3.31. The van der Waals surface area contributed by atoms with Gasteiger partial charge in [0.25, 0.3) is 0 Å². The molecular weight excluding hydrogens is 389 g/mol. The molecule has 0 unspecified atom stereocenters. The molecule has 1 saturated heterocycles. The van der Waals surface area contributed by atoms with Crippen molar-refractivity contribution in [1.82, 2.24) is 15.5 Å². The van der Waals surface area contributed by atoms with Gasteiger partial charge in [-0.2, -0.15) is 0 Å². The number of carbonyl (C=O) groups excluding carboxylic acids is 1. The number of carbonyl (C=O) groups is 1. The Morgan fingerprint density at radius 2 is 1.79 bits per heavy atom. The molecule has 3 aromatic rings. The normalized spacial score (nSPS) is 14.6. The molecule has 1 aliphatic rings. The summed E-state index contributed by atoms with van der Waals surface area (Å²) in [6.07, 6.45) is 2.36. The van der Waals surface area contributed by atoms with Gasteiger partial charge in [0.1, 0.15) is 10.8 Å². The molecule has 0 spiro atoms. The van der Waals surface area contributed by atoms with Crippen LogP contribution in [0.5, 0.6) is 0 Å². The molecule has 150 valence electrons. The lowest BCUT2D eigenvalue weighted by Gasteiger charge is -2.31. The Balaban J connectivity index is 1.26. The van der Waals surface area contributed by atoms with E-state index in [2.05, 4.69) is 25.7 Å². The van der Waals surface area contributed by atoms with Crippen LogP contribution < -0.4 is 15.5 Å². The van der Waals surface area contributed by atoms with Gasteiger partial charge < -0.3 is 15.5 Å². The predicted octanol–water partition coefficient (Wildman–Crippen LogP) is 4.06. The first-order valence-corrected chi connectivity index (χ1v) is 10.4. The minimum Gasteiger partial charge on any atom is -0.347 e. The van der Waals surface area contributed by atoms with Crippen molar-refractivity contribution < 1.29 is 9.18 Å². The van der Waals surface area contributed by atoms with Crippen LogP contribution in [0.3, 0.4) is 0 Å². The number of amides is 2. The van der Waals surface area contributed by atoms with E-state index in [4.69, 9.17) is 0 Å². The molecule has 29 heavy (non-hydrogen) atoms. The van der Waals surface area contributed by atoms with E-state index in [9.17, 15) is 9.18 Å². The number of urea groups is 1. The summed E-state index contributed by atoms with van der Waals surface area (Å²) in [5.41, 5.74) is 1.80. The number of rotatable bonds is 5. The SMILES string of the molecule is O=C(Nc1ccccc1)NC1CCN(c2nnc(Cc3ccc(F)cc3)s2)CC1. The smallest absolute Gasteiger partial charge is 0.319 e. The molecule has 0 aliphatic carbocycles. The molecule has 2 N–H and O–H groups in total. The molecule has 2 aromatic carbocycles. The van der Waals surface area contributed by atoms with Gasteiger partial charge in [-0.3, -0.25) is 0 Å². The number of para-hydroxylation sites is 1. The van der Waals surface area contributed by atoms with E-state index in [0.29, 0.717) is 6.42 Å². The second-order valence-electron chi connectivity index (χ2n) is 7.01. The van der Waals surface area contributed by atoms with Gasteiger partial charge in [-0.05, 0) is 42.7 Å². The number of aromatic nitrogens is 2. The minimum absolute atomic E-state index is 0.140. The predicted molar refractivity (Wildman–Crippen MR) is 113 cm³/mol. The summed E-state index contributed by atoms with van der Waals surface area (Å²) in [5, 5.41) is 16.3. The summed E-state index contributed by atoms with van der Waals surface area (Å²) < 4.78 is 13.0. The summed E-state index contributed by atoms with van der Waals surface area (Å²) in [6, 6.07) is 15.9. The molecule has 0 atom stereocenters. The third-order valence-corrected chi connectivity index (χ3v) is 5.84. The molecule has 1 fully saturated rings. The van der Waals surface area contributed by atoms with Gasteiger partial charge in [-0.15, -0.1) is 10.2 Å². The topological polar surface area (TPSA) is 70.2 Å². The second kappa shape index (κ2) is 9.00. The number of nitrogens with zero attached hydrogens (tertiary/aromatic N) is 3. The summed E-state index contributed by atoms with van der Waals surface area (Å²) in [4.78, 5) is 14.4. The fraction of sp³-hybridized carbons (Fsp3) is 0.286. The highest BCUT2D eigenvalue weighted by molar-refractivity contribution is 7.15.